The number of carbonyl (C=O) groups is 1. The molecular formula is C53H101NO9. The summed E-state index contributed by atoms with van der Waals surface area (Å²) in [5.41, 5.74) is 0. The zero-order valence-corrected chi connectivity index (χ0v) is 40.7. The molecule has 1 rings (SSSR count). The van der Waals surface area contributed by atoms with Gasteiger partial charge in [-0.25, -0.2) is 0 Å². The van der Waals surface area contributed by atoms with E-state index in [1.807, 2.05) is 6.08 Å². The zero-order valence-electron chi connectivity index (χ0n) is 40.7. The molecular weight excluding hydrogens is 795 g/mol. The first-order valence-electron chi connectivity index (χ1n) is 26.7. The largest absolute Gasteiger partial charge is 0.394 e. The van der Waals surface area contributed by atoms with Crippen molar-refractivity contribution < 1.29 is 44.9 Å². The Bertz CT molecular complexity index is 1060. The van der Waals surface area contributed by atoms with Crippen molar-refractivity contribution in [3.05, 3.63) is 24.3 Å². The Kier molecular flexibility index (Phi) is 40.9. The summed E-state index contributed by atoms with van der Waals surface area (Å²) < 4.78 is 11.2. The van der Waals surface area contributed by atoms with E-state index in [1.165, 1.54) is 180 Å². The maximum Gasteiger partial charge on any atom is 0.249 e. The van der Waals surface area contributed by atoms with Crippen LogP contribution in [0.1, 0.15) is 245 Å². The molecule has 0 aromatic heterocycles. The van der Waals surface area contributed by atoms with Crippen LogP contribution in [-0.4, -0.2) is 98.7 Å². The minimum atomic E-state index is -1.61. The van der Waals surface area contributed by atoms with Gasteiger partial charge in [-0.3, -0.25) is 4.79 Å². The van der Waals surface area contributed by atoms with Crippen LogP contribution >= 0.6 is 0 Å². The Hall–Kier alpha value is -1.37. The molecule has 10 heteroatoms. The van der Waals surface area contributed by atoms with E-state index in [2.05, 4.69) is 31.3 Å². The summed E-state index contributed by atoms with van der Waals surface area (Å²) in [5, 5.41) is 64.9. The summed E-state index contributed by atoms with van der Waals surface area (Å²) in [6.07, 6.45) is 42.7. The number of unbranched alkanes of at least 4 members (excludes halogenated alkanes) is 32. The maximum atomic E-state index is 13.1. The van der Waals surface area contributed by atoms with E-state index in [0.29, 0.717) is 12.8 Å². The number of amides is 1. The molecule has 1 saturated heterocycles. The fraction of sp³-hybridized carbons (Fsp3) is 0.906. The Balaban J connectivity index is 2.33. The standard InChI is InChI=1S/C53H101NO9/c1-3-5-7-9-11-13-15-17-19-21-22-23-24-26-28-30-32-34-36-38-40-42-47(57)52(61)54-45(44-62-53-51(60)50(59)49(58)48(43-55)63-53)46(56)41-39-37-35-33-31-29-27-25-20-18-16-14-12-10-8-6-4-2/h31,33,39,41,45-51,53,55-60H,3-30,32,34-38,40,42-44H2,1-2H3,(H,54,61)/b33-31+,41-39+. The summed E-state index contributed by atoms with van der Waals surface area (Å²) >= 11 is 0. The molecule has 0 aromatic carbocycles. The molecule has 372 valence electrons. The SMILES string of the molecule is CCCCCCCCCCCCC/C=C/CC/C=C/C(O)C(COC1OC(CO)C(O)C(O)C1O)NC(=O)C(O)CCCCCCCCCCCCCCCCCCCCCCC. The van der Waals surface area contributed by atoms with Gasteiger partial charge >= 0.3 is 0 Å². The highest BCUT2D eigenvalue weighted by molar-refractivity contribution is 5.80. The minimum absolute atomic E-state index is 0.308. The first kappa shape index (κ1) is 59.6. The lowest BCUT2D eigenvalue weighted by Crippen LogP contribution is -2.60. The predicted octanol–water partition coefficient (Wildman–Crippen LogP) is 11.2. The van der Waals surface area contributed by atoms with Crippen LogP contribution in [0.4, 0.5) is 0 Å². The smallest absolute Gasteiger partial charge is 0.249 e. The Morgan fingerprint density at radius 1 is 0.540 bits per heavy atom. The maximum absolute atomic E-state index is 13.1. The molecule has 1 aliphatic rings. The van der Waals surface area contributed by atoms with Crippen LogP contribution in [0.2, 0.25) is 0 Å². The van der Waals surface area contributed by atoms with Gasteiger partial charge in [-0.15, -0.1) is 0 Å². The second-order valence-corrected chi connectivity index (χ2v) is 18.8. The van der Waals surface area contributed by atoms with Gasteiger partial charge in [0.15, 0.2) is 6.29 Å². The van der Waals surface area contributed by atoms with Crippen molar-refractivity contribution in [2.24, 2.45) is 0 Å². The Labute approximate surface area is 386 Å². The summed E-state index contributed by atoms with van der Waals surface area (Å²) in [6, 6.07) is -0.993. The van der Waals surface area contributed by atoms with Crippen LogP contribution in [0.5, 0.6) is 0 Å². The highest BCUT2D eigenvalue weighted by Gasteiger charge is 2.44. The lowest BCUT2D eigenvalue weighted by molar-refractivity contribution is -0.302. The molecule has 0 aliphatic carbocycles. The van der Waals surface area contributed by atoms with Crippen molar-refractivity contribution in [1.29, 1.82) is 0 Å². The van der Waals surface area contributed by atoms with Gasteiger partial charge in [0.1, 0.15) is 30.5 Å². The highest BCUT2D eigenvalue weighted by atomic mass is 16.7. The van der Waals surface area contributed by atoms with Gasteiger partial charge in [0.25, 0.3) is 0 Å². The normalized spacial score (nSPS) is 20.8. The fourth-order valence-electron chi connectivity index (χ4n) is 8.53. The van der Waals surface area contributed by atoms with Gasteiger partial charge in [0.05, 0.1) is 25.4 Å². The van der Waals surface area contributed by atoms with E-state index in [9.17, 15) is 35.4 Å². The molecule has 0 aromatic rings. The van der Waals surface area contributed by atoms with Crippen LogP contribution in [0.15, 0.2) is 24.3 Å². The van der Waals surface area contributed by atoms with Crippen LogP contribution in [0.3, 0.4) is 0 Å². The molecule has 7 N–H and O–H groups in total. The summed E-state index contributed by atoms with van der Waals surface area (Å²) in [5.74, 6) is -0.622. The van der Waals surface area contributed by atoms with Crippen molar-refractivity contribution in [2.75, 3.05) is 13.2 Å². The van der Waals surface area contributed by atoms with Gasteiger partial charge in [-0.2, -0.15) is 0 Å². The van der Waals surface area contributed by atoms with Crippen LogP contribution in [0.25, 0.3) is 0 Å². The topological polar surface area (TPSA) is 169 Å². The third-order valence-corrected chi connectivity index (χ3v) is 12.9. The van der Waals surface area contributed by atoms with E-state index in [-0.39, 0.29) is 6.61 Å². The van der Waals surface area contributed by atoms with E-state index >= 15 is 0 Å². The number of aliphatic hydroxyl groups excluding tert-OH is 6. The van der Waals surface area contributed by atoms with E-state index < -0.39 is 61.5 Å². The van der Waals surface area contributed by atoms with Gasteiger partial charge in [0, 0.05) is 0 Å². The quantitative estimate of drug-likeness (QED) is 0.0232. The van der Waals surface area contributed by atoms with E-state index in [1.54, 1.807) is 6.08 Å². The Morgan fingerprint density at radius 3 is 1.38 bits per heavy atom. The fourth-order valence-corrected chi connectivity index (χ4v) is 8.53. The third-order valence-electron chi connectivity index (χ3n) is 12.9. The molecule has 0 spiro atoms. The number of allylic oxidation sites excluding steroid dienone is 3. The van der Waals surface area contributed by atoms with Crippen molar-refractivity contribution in [1.82, 2.24) is 5.32 Å². The van der Waals surface area contributed by atoms with Crippen molar-refractivity contribution in [3.63, 3.8) is 0 Å². The lowest BCUT2D eigenvalue weighted by Gasteiger charge is -2.40. The molecule has 1 heterocycles. The molecule has 0 bridgehead atoms. The van der Waals surface area contributed by atoms with Gasteiger partial charge < -0.3 is 45.4 Å². The molecule has 1 fully saturated rings. The van der Waals surface area contributed by atoms with Gasteiger partial charge in [0.2, 0.25) is 5.91 Å². The molecule has 10 nitrogen and oxygen atoms in total. The first-order chi connectivity index (χ1) is 30.8. The molecule has 1 amide bonds. The number of nitrogens with one attached hydrogen (secondary N) is 1. The van der Waals surface area contributed by atoms with Crippen molar-refractivity contribution in [3.8, 4) is 0 Å². The lowest BCUT2D eigenvalue weighted by atomic mass is 9.99. The Morgan fingerprint density at radius 2 is 0.937 bits per heavy atom. The predicted molar refractivity (Wildman–Crippen MR) is 260 cm³/mol. The number of hydrogen-bond acceptors (Lipinski definition) is 9. The third kappa shape index (κ3) is 32.9. The number of hydrogen-bond donors (Lipinski definition) is 7. The first-order valence-corrected chi connectivity index (χ1v) is 26.7. The van der Waals surface area contributed by atoms with E-state index in [0.717, 1.165) is 38.5 Å². The van der Waals surface area contributed by atoms with Gasteiger partial charge in [-0.1, -0.05) is 237 Å². The van der Waals surface area contributed by atoms with Crippen LogP contribution in [0, 0.1) is 0 Å². The highest BCUT2D eigenvalue weighted by Crippen LogP contribution is 2.23. The second kappa shape index (κ2) is 43.2. The van der Waals surface area contributed by atoms with E-state index in [4.69, 9.17) is 9.47 Å². The molecule has 0 saturated carbocycles. The van der Waals surface area contributed by atoms with Crippen LogP contribution in [-0.2, 0) is 14.3 Å². The minimum Gasteiger partial charge on any atom is -0.394 e. The average molecular weight is 896 g/mol. The zero-order chi connectivity index (χ0) is 46.0. The van der Waals surface area contributed by atoms with Crippen molar-refractivity contribution in [2.45, 2.75) is 294 Å². The van der Waals surface area contributed by atoms with Gasteiger partial charge in [-0.05, 0) is 32.1 Å². The molecule has 8 atom stereocenters. The second-order valence-electron chi connectivity index (χ2n) is 18.8. The number of aliphatic hydroxyl groups is 6. The summed E-state index contributed by atoms with van der Waals surface area (Å²) in [6.45, 7) is 3.62. The molecule has 63 heavy (non-hydrogen) atoms. The number of ether oxygens (including phenoxy) is 2. The molecule has 8 unspecified atom stereocenters. The molecule has 1 aliphatic heterocycles. The number of carbonyl (C=O) groups excluding carboxylic acids is 1. The number of rotatable bonds is 45. The summed E-state index contributed by atoms with van der Waals surface area (Å²) in [7, 11) is 0. The monoisotopic (exact) mass is 896 g/mol. The summed E-state index contributed by atoms with van der Waals surface area (Å²) in [4.78, 5) is 13.1. The van der Waals surface area contributed by atoms with Crippen LogP contribution < -0.4 is 5.32 Å². The molecule has 0 radical (unpaired) electrons. The average Bonchev–Trinajstić information content (AvgIpc) is 3.28. The van der Waals surface area contributed by atoms with Crippen molar-refractivity contribution >= 4 is 5.91 Å².